The van der Waals surface area contributed by atoms with Crippen molar-refractivity contribution in [2.75, 3.05) is 7.11 Å². The van der Waals surface area contributed by atoms with Gasteiger partial charge in [0.15, 0.2) is 11.5 Å². The molecule has 1 aliphatic rings. The van der Waals surface area contributed by atoms with Gasteiger partial charge in [0.05, 0.1) is 13.2 Å². The largest absolute Gasteiger partial charge is 0.493 e. The highest BCUT2D eigenvalue weighted by Gasteiger charge is 2.23. The van der Waals surface area contributed by atoms with Gasteiger partial charge in [0, 0.05) is 22.7 Å². The quantitative estimate of drug-likeness (QED) is 0.886. The van der Waals surface area contributed by atoms with Crippen molar-refractivity contribution < 1.29 is 9.47 Å². The Bertz CT molecular complexity index is 468. The predicted molar refractivity (Wildman–Crippen MR) is 87.4 cm³/mol. The number of benzene rings is 1. The van der Waals surface area contributed by atoms with Crippen LogP contribution in [0, 0.1) is 5.92 Å². The Hall–Kier alpha value is -0.930. The fraction of sp³-hybridized carbons (Fsp3) is 0.647. The summed E-state index contributed by atoms with van der Waals surface area (Å²) in [6, 6.07) is 3.81. The number of methoxy groups -OCH3 is 1. The van der Waals surface area contributed by atoms with Gasteiger partial charge < -0.3 is 15.2 Å². The molecule has 1 unspecified atom stereocenters. The van der Waals surface area contributed by atoms with Crippen LogP contribution in [0.25, 0.3) is 0 Å². The van der Waals surface area contributed by atoms with E-state index in [9.17, 15) is 0 Å². The molecule has 0 radical (unpaired) electrons. The second-order valence-electron chi connectivity index (χ2n) is 6.28. The minimum atomic E-state index is 0.0573. The van der Waals surface area contributed by atoms with Gasteiger partial charge in [-0.15, -0.1) is 0 Å². The summed E-state index contributed by atoms with van der Waals surface area (Å²) in [5, 5.41) is 0.659. The Morgan fingerprint density at radius 2 is 1.95 bits per heavy atom. The van der Waals surface area contributed by atoms with Crippen molar-refractivity contribution >= 4 is 11.6 Å². The average Bonchev–Trinajstić information content (AvgIpc) is 2.43. The first kappa shape index (κ1) is 16.4. The number of nitrogens with two attached hydrogens (primary N) is 1. The number of ether oxygens (including phenoxy) is 2. The standard InChI is InChI=1S/C17H26ClNO2/c1-11-4-6-15(7-5-11)21-17-13(8-12(2)19)9-14(18)10-16(17)20-3/h9-12,15H,4-8,19H2,1-3H3. The van der Waals surface area contributed by atoms with Crippen LogP contribution < -0.4 is 15.2 Å². The highest BCUT2D eigenvalue weighted by atomic mass is 35.5. The summed E-state index contributed by atoms with van der Waals surface area (Å²) in [5.41, 5.74) is 6.98. The van der Waals surface area contributed by atoms with E-state index in [-0.39, 0.29) is 12.1 Å². The molecule has 1 saturated carbocycles. The summed E-state index contributed by atoms with van der Waals surface area (Å²) in [6.07, 6.45) is 5.65. The molecule has 1 atom stereocenters. The molecule has 0 amide bonds. The third-order valence-electron chi connectivity index (χ3n) is 4.11. The Morgan fingerprint density at radius 3 is 2.52 bits per heavy atom. The van der Waals surface area contributed by atoms with E-state index in [1.807, 2.05) is 19.1 Å². The van der Waals surface area contributed by atoms with Crippen LogP contribution in [0.1, 0.15) is 45.1 Å². The van der Waals surface area contributed by atoms with Gasteiger partial charge in [-0.05, 0) is 51.0 Å². The summed E-state index contributed by atoms with van der Waals surface area (Å²) in [4.78, 5) is 0. The molecule has 1 aliphatic carbocycles. The Labute approximate surface area is 132 Å². The third-order valence-corrected chi connectivity index (χ3v) is 4.32. The Morgan fingerprint density at radius 1 is 1.29 bits per heavy atom. The van der Waals surface area contributed by atoms with Crippen molar-refractivity contribution in [3.05, 3.63) is 22.7 Å². The lowest BCUT2D eigenvalue weighted by Crippen LogP contribution is -2.25. The monoisotopic (exact) mass is 311 g/mol. The maximum atomic E-state index is 6.27. The predicted octanol–water partition coefficient (Wildman–Crippen LogP) is 4.20. The molecule has 1 aromatic carbocycles. The van der Waals surface area contributed by atoms with Gasteiger partial charge in [-0.2, -0.15) is 0 Å². The molecule has 4 heteroatoms. The first-order valence-corrected chi connectivity index (χ1v) is 8.16. The highest BCUT2D eigenvalue weighted by molar-refractivity contribution is 6.30. The van der Waals surface area contributed by atoms with Gasteiger partial charge in [0.1, 0.15) is 0 Å². The summed E-state index contributed by atoms with van der Waals surface area (Å²) >= 11 is 6.17. The molecule has 21 heavy (non-hydrogen) atoms. The fourth-order valence-corrected chi connectivity index (χ4v) is 3.15. The molecule has 0 spiro atoms. The third kappa shape index (κ3) is 4.52. The van der Waals surface area contributed by atoms with Crippen molar-refractivity contribution in [2.24, 2.45) is 11.7 Å². The zero-order valence-electron chi connectivity index (χ0n) is 13.2. The van der Waals surface area contributed by atoms with E-state index in [1.54, 1.807) is 7.11 Å². The van der Waals surface area contributed by atoms with Crippen LogP contribution in [0.4, 0.5) is 0 Å². The van der Waals surface area contributed by atoms with Crippen molar-refractivity contribution in [3.63, 3.8) is 0 Å². The second-order valence-corrected chi connectivity index (χ2v) is 6.71. The lowest BCUT2D eigenvalue weighted by molar-refractivity contribution is 0.130. The minimum absolute atomic E-state index is 0.0573. The van der Waals surface area contributed by atoms with Crippen LogP contribution in [0.15, 0.2) is 12.1 Å². The van der Waals surface area contributed by atoms with Crippen molar-refractivity contribution in [1.29, 1.82) is 0 Å². The molecule has 0 saturated heterocycles. The SMILES string of the molecule is COc1cc(Cl)cc(CC(C)N)c1OC1CCC(C)CC1. The normalized spacial score (nSPS) is 23.7. The van der Waals surface area contributed by atoms with Gasteiger partial charge in [0.2, 0.25) is 0 Å². The van der Waals surface area contributed by atoms with Crippen molar-refractivity contribution in [2.45, 2.75) is 58.1 Å². The van der Waals surface area contributed by atoms with E-state index < -0.39 is 0 Å². The van der Waals surface area contributed by atoms with Crippen LogP contribution in [0.2, 0.25) is 5.02 Å². The molecular weight excluding hydrogens is 286 g/mol. The summed E-state index contributed by atoms with van der Waals surface area (Å²) < 4.78 is 11.7. The van der Waals surface area contributed by atoms with E-state index in [2.05, 4.69) is 6.92 Å². The first-order chi connectivity index (χ1) is 9.99. The molecule has 0 heterocycles. The molecule has 0 aliphatic heterocycles. The zero-order chi connectivity index (χ0) is 15.4. The average molecular weight is 312 g/mol. The molecule has 1 fully saturated rings. The molecule has 0 bridgehead atoms. The van der Waals surface area contributed by atoms with Gasteiger partial charge in [-0.3, -0.25) is 0 Å². The number of rotatable bonds is 5. The van der Waals surface area contributed by atoms with Crippen LogP contribution >= 0.6 is 11.6 Å². The second kappa shape index (κ2) is 7.37. The highest BCUT2D eigenvalue weighted by Crippen LogP contribution is 2.38. The lowest BCUT2D eigenvalue weighted by Gasteiger charge is -2.28. The van der Waals surface area contributed by atoms with Gasteiger partial charge >= 0.3 is 0 Å². The maximum Gasteiger partial charge on any atom is 0.164 e. The van der Waals surface area contributed by atoms with Crippen LogP contribution in [-0.2, 0) is 6.42 Å². The topological polar surface area (TPSA) is 44.5 Å². The van der Waals surface area contributed by atoms with Crippen molar-refractivity contribution in [1.82, 2.24) is 0 Å². The van der Waals surface area contributed by atoms with E-state index >= 15 is 0 Å². The summed E-state index contributed by atoms with van der Waals surface area (Å²) in [5.74, 6) is 2.33. The van der Waals surface area contributed by atoms with Crippen LogP contribution in [0.3, 0.4) is 0 Å². The van der Waals surface area contributed by atoms with E-state index in [4.69, 9.17) is 26.8 Å². The van der Waals surface area contributed by atoms with Gasteiger partial charge in [-0.25, -0.2) is 0 Å². The number of hydrogen-bond donors (Lipinski definition) is 1. The lowest BCUT2D eigenvalue weighted by atomic mass is 9.89. The molecule has 0 aromatic heterocycles. The maximum absolute atomic E-state index is 6.27. The fourth-order valence-electron chi connectivity index (χ4n) is 2.92. The molecule has 118 valence electrons. The molecule has 2 rings (SSSR count). The van der Waals surface area contributed by atoms with Gasteiger partial charge in [-0.1, -0.05) is 18.5 Å². The Kier molecular flexibility index (Phi) is 5.77. The molecule has 2 N–H and O–H groups in total. The number of hydrogen-bond acceptors (Lipinski definition) is 3. The Balaban J connectivity index is 2.22. The smallest absolute Gasteiger partial charge is 0.164 e. The molecule has 3 nitrogen and oxygen atoms in total. The summed E-state index contributed by atoms with van der Waals surface area (Å²) in [7, 11) is 1.65. The van der Waals surface area contributed by atoms with Gasteiger partial charge in [0.25, 0.3) is 0 Å². The summed E-state index contributed by atoms with van der Waals surface area (Å²) in [6.45, 7) is 4.29. The van der Waals surface area contributed by atoms with Crippen molar-refractivity contribution in [3.8, 4) is 11.5 Å². The zero-order valence-corrected chi connectivity index (χ0v) is 14.0. The number of halogens is 1. The molecule has 1 aromatic rings. The first-order valence-electron chi connectivity index (χ1n) is 7.78. The molecular formula is C17H26ClNO2. The minimum Gasteiger partial charge on any atom is -0.493 e. The van der Waals surface area contributed by atoms with E-state index in [0.29, 0.717) is 10.8 Å². The van der Waals surface area contributed by atoms with Crippen LogP contribution in [-0.4, -0.2) is 19.3 Å². The van der Waals surface area contributed by atoms with Crippen LogP contribution in [0.5, 0.6) is 11.5 Å². The van der Waals surface area contributed by atoms with E-state index in [1.165, 1.54) is 12.8 Å². The van der Waals surface area contributed by atoms with E-state index in [0.717, 1.165) is 36.5 Å².